The number of hydrogen-bond donors (Lipinski definition) is 1. The maximum Gasteiger partial charge on any atom is 0.173 e. The molecule has 17 heavy (non-hydrogen) atoms. The maximum atomic E-state index is 12.5. The minimum Gasteiger partial charge on any atom is -0.329 e. The van der Waals surface area contributed by atoms with Crippen molar-refractivity contribution in [3.05, 3.63) is 18.0 Å². The van der Waals surface area contributed by atoms with E-state index in [1.54, 1.807) is 6.20 Å². The molecule has 1 aliphatic carbocycles. The number of hydrogen-bond acceptors (Lipinski definition) is 3. The predicted molar refractivity (Wildman–Crippen MR) is 66.8 cm³/mol. The molecule has 0 bridgehead atoms. The number of aryl methyl sites for hydroxylation is 1. The quantitative estimate of drug-likeness (QED) is 0.794. The zero-order chi connectivity index (χ0) is 12.3. The van der Waals surface area contributed by atoms with Crippen LogP contribution in [-0.2, 0) is 6.54 Å². The van der Waals surface area contributed by atoms with Crippen molar-refractivity contribution >= 4 is 5.78 Å². The van der Waals surface area contributed by atoms with Crippen LogP contribution >= 0.6 is 0 Å². The first-order chi connectivity index (χ1) is 8.22. The molecule has 1 aliphatic rings. The van der Waals surface area contributed by atoms with Crippen molar-refractivity contribution in [2.45, 2.75) is 45.6 Å². The lowest BCUT2D eigenvalue weighted by Gasteiger charge is -2.24. The SMILES string of the molecule is CCCn1cc(C(=O)C2(CN)CCCC2)cn1. The average Bonchev–Trinajstić information content (AvgIpc) is 2.98. The van der Waals surface area contributed by atoms with Crippen LogP contribution in [0.15, 0.2) is 12.4 Å². The number of carbonyl (C=O) groups excluding carboxylic acids is 1. The number of nitrogens with two attached hydrogens (primary N) is 1. The van der Waals surface area contributed by atoms with E-state index >= 15 is 0 Å². The molecule has 1 heterocycles. The third-order valence-corrected chi connectivity index (χ3v) is 3.78. The monoisotopic (exact) mass is 235 g/mol. The van der Waals surface area contributed by atoms with E-state index in [4.69, 9.17) is 5.73 Å². The minimum atomic E-state index is -0.305. The fraction of sp³-hybridized carbons (Fsp3) is 0.692. The summed E-state index contributed by atoms with van der Waals surface area (Å²) in [4.78, 5) is 12.5. The van der Waals surface area contributed by atoms with Crippen molar-refractivity contribution in [1.82, 2.24) is 9.78 Å². The van der Waals surface area contributed by atoms with Crippen LogP contribution in [0, 0.1) is 5.41 Å². The lowest BCUT2D eigenvalue weighted by molar-refractivity contribution is 0.0810. The molecule has 2 N–H and O–H groups in total. The summed E-state index contributed by atoms with van der Waals surface area (Å²) < 4.78 is 1.84. The highest BCUT2D eigenvalue weighted by molar-refractivity contribution is 6.00. The van der Waals surface area contributed by atoms with Crippen LogP contribution in [0.2, 0.25) is 0 Å². The zero-order valence-electron chi connectivity index (χ0n) is 10.5. The van der Waals surface area contributed by atoms with Gasteiger partial charge in [0.05, 0.1) is 11.8 Å². The highest BCUT2D eigenvalue weighted by atomic mass is 16.1. The normalized spacial score (nSPS) is 18.5. The van der Waals surface area contributed by atoms with Crippen molar-refractivity contribution in [2.24, 2.45) is 11.1 Å². The molecule has 2 rings (SSSR count). The van der Waals surface area contributed by atoms with Crippen LogP contribution < -0.4 is 5.73 Å². The number of carbonyl (C=O) groups is 1. The highest BCUT2D eigenvalue weighted by Crippen LogP contribution is 2.39. The van der Waals surface area contributed by atoms with Crippen LogP contribution in [0.4, 0.5) is 0 Å². The molecule has 4 heteroatoms. The van der Waals surface area contributed by atoms with Crippen LogP contribution in [0.25, 0.3) is 0 Å². The van der Waals surface area contributed by atoms with Crippen molar-refractivity contribution < 1.29 is 4.79 Å². The van der Waals surface area contributed by atoms with Gasteiger partial charge in [0, 0.05) is 24.7 Å². The maximum absolute atomic E-state index is 12.5. The van der Waals surface area contributed by atoms with Gasteiger partial charge in [0.25, 0.3) is 0 Å². The minimum absolute atomic E-state index is 0.194. The van der Waals surface area contributed by atoms with Gasteiger partial charge in [0.2, 0.25) is 0 Å². The molecule has 1 aromatic heterocycles. The topological polar surface area (TPSA) is 60.9 Å². The Kier molecular flexibility index (Phi) is 3.62. The summed E-state index contributed by atoms with van der Waals surface area (Å²) >= 11 is 0. The van der Waals surface area contributed by atoms with Crippen molar-refractivity contribution in [1.29, 1.82) is 0 Å². The average molecular weight is 235 g/mol. The molecular weight excluding hydrogens is 214 g/mol. The molecule has 0 spiro atoms. The summed E-state index contributed by atoms with van der Waals surface area (Å²) in [6.07, 6.45) is 8.67. The van der Waals surface area contributed by atoms with E-state index in [1.165, 1.54) is 0 Å². The van der Waals surface area contributed by atoms with E-state index in [1.807, 2.05) is 10.9 Å². The molecule has 1 aromatic rings. The van der Waals surface area contributed by atoms with Crippen molar-refractivity contribution in [3.63, 3.8) is 0 Å². The van der Waals surface area contributed by atoms with E-state index in [-0.39, 0.29) is 11.2 Å². The Hall–Kier alpha value is -1.16. The van der Waals surface area contributed by atoms with Crippen LogP contribution in [-0.4, -0.2) is 22.1 Å². The summed E-state index contributed by atoms with van der Waals surface area (Å²) in [5.74, 6) is 0.194. The van der Waals surface area contributed by atoms with E-state index < -0.39 is 0 Å². The molecule has 0 aliphatic heterocycles. The van der Waals surface area contributed by atoms with Crippen molar-refractivity contribution in [3.8, 4) is 0 Å². The summed E-state index contributed by atoms with van der Waals surface area (Å²) in [6, 6.07) is 0. The van der Waals surface area contributed by atoms with Gasteiger partial charge in [-0.15, -0.1) is 0 Å². The molecule has 1 fully saturated rings. The smallest absolute Gasteiger partial charge is 0.173 e. The lowest BCUT2D eigenvalue weighted by Crippen LogP contribution is -2.36. The van der Waals surface area contributed by atoms with E-state index in [9.17, 15) is 4.79 Å². The first-order valence-corrected chi connectivity index (χ1v) is 6.49. The highest BCUT2D eigenvalue weighted by Gasteiger charge is 2.40. The fourth-order valence-corrected chi connectivity index (χ4v) is 2.71. The third kappa shape index (κ3) is 2.27. The first kappa shape index (κ1) is 12.3. The molecule has 0 aromatic carbocycles. The van der Waals surface area contributed by atoms with Gasteiger partial charge in [0.1, 0.15) is 0 Å². The predicted octanol–water partition coefficient (Wildman–Crippen LogP) is 1.99. The molecule has 0 saturated heterocycles. The van der Waals surface area contributed by atoms with Gasteiger partial charge in [-0.2, -0.15) is 5.10 Å². The Morgan fingerprint density at radius 3 is 2.82 bits per heavy atom. The number of Topliss-reactive ketones (excluding diaryl/α,β-unsaturated/α-hetero) is 1. The molecule has 94 valence electrons. The number of ketones is 1. The Bertz CT molecular complexity index is 391. The number of rotatable bonds is 5. The summed E-state index contributed by atoms with van der Waals surface area (Å²) in [6.45, 7) is 3.43. The second kappa shape index (κ2) is 5.00. The second-order valence-electron chi connectivity index (χ2n) is 5.01. The molecule has 0 radical (unpaired) electrons. The summed E-state index contributed by atoms with van der Waals surface area (Å²) in [7, 11) is 0. The molecule has 0 atom stereocenters. The van der Waals surface area contributed by atoms with Crippen LogP contribution in [0.5, 0.6) is 0 Å². The standard InChI is InChI=1S/C13H21N3O/c1-2-7-16-9-11(8-15-16)12(17)13(10-14)5-3-4-6-13/h8-9H,2-7,10,14H2,1H3. The van der Waals surface area contributed by atoms with Gasteiger partial charge in [0.15, 0.2) is 5.78 Å². The van der Waals surface area contributed by atoms with Gasteiger partial charge < -0.3 is 5.73 Å². The summed E-state index contributed by atoms with van der Waals surface area (Å²) in [5, 5.41) is 4.22. The Balaban J connectivity index is 2.17. The Labute approximate surface area is 102 Å². The van der Waals surface area contributed by atoms with Crippen LogP contribution in [0.3, 0.4) is 0 Å². The molecule has 0 amide bonds. The third-order valence-electron chi connectivity index (χ3n) is 3.78. The van der Waals surface area contributed by atoms with E-state index in [0.717, 1.165) is 44.2 Å². The zero-order valence-corrected chi connectivity index (χ0v) is 10.5. The lowest BCUT2D eigenvalue weighted by atomic mass is 9.79. The van der Waals surface area contributed by atoms with Crippen LogP contribution in [0.1, 0.15) is 49.4 Å². The van der Waals surface area contributed by atoms with Gasteiger partial charge in [-0.1, -0.05) is 19.8 Å². The molecule has 1 saturated carbocycles. The summed E-state index contributed by atoms with van der Waals surface area (Å²) in [5.41, 5.74) is 6.25. The first-order valence-electron chi connectivity index (χ1n) is 6.49. The Morgan fingerprint density at radius 2 is 2.24 bits per heavy atom. The van der Waals surface area contributed by atoms with E-state index in [0.29, 0.717) is 6.54 Å². The van der Waals surface area contributed by atoms with Gasteiger partial charge in [-0.05, 0) is 19.3 Å². The molecular formula is C13H21N3O. The van der Waals surface area contributed by atoms with E-state index in [2.05, 4.69) is 12.0 Å². The fourth-order valence-electron chi connectivity index (χ4n) is 2.71. The van der Waals surface area contributed by atoms with Crippen molar-refractivity contribution in [2.75, 3.05) is 6.54 Å². The Morgan fingerprint density at radius 1 is 1.53 bits per heavy atom. The molecule has 4 nitrogen and oxygen atoms in total. The molecule has 0 unspecified atom stereocenters. The largest absolute Gasteiger partial charge is 0.329 e. The van der Waals surface area contributed by atoms with Gasteiger partial charge >= 0.3 is 0 Å². The number of nitrogens with zero attached hydrogens (tertiary/aromatic N) is 2. The second-order valence-corrected chi connectivity index (χ2v) is 5.01. The van der Waals surface area contributed by atoms with Gasteiger partial charge in [-0.3, -0.25) is 9.48 Å². The number of aromatic nitrogens is 2. The van der Waals surface area contributed by atoms with Gasteiger partial charge in [-0.25, -0.2) is 0 Å².